The highest BCUT2D eigenvalue weighted by atomic mass is 127. The van der Waals surface area contributed by atoms with E-state index in [1.165, 1.54) is 12.7 Å². The van der Waals surface area contributed by atoms with Crippen LogP contribution in [0.25, 0.3) is 0 Å². The molecule has 2 aliphatic rings. The Labute approximate surface area is 183 Å². The standard InChI is InChI=1S/C19H29N5O3.HI/c1-2-20-19(21-15-17(25)22-8-4-3-5-9-22)24-12-10-23(11-13-24)18(26)16-7-6-14-27-16;/h6-7,14H,2-5,8-13,15H2,1H3,(H,20,21);1H. The third kappa shape index (κ3) is 5.86. The summed E-state index contributed by atoms with van der Waals surface area (Å²) in [7, 11) is 0. The Kier molecular flexibility index (Phi) is 9.07. The first-order chi connectivity index (χ1) is 13.2. The van der Waals surface area contributed by atoms with Gasteiger partial charge in [0.1, 0.15) is 6.54 Å². The Morgan fingerprint density at radius 1 is 1.04 bits per heavy atom. The van der Waals surface area contributed by atoms with Crippen LogP contribution in [-0.4, -0.2) is 84.8 Å². The normalized spacial score (nSPS) is 17.9. The van der Waals surface area contributed by atoms with Crippen molar-refractivity contribution in [3.63, 3.8) is 0 Å². The minimum absolute atomic E-state index is 0. The lowest BCUT2D eigenvalue weighted by molar-refractivity contribution is -0.130. The number of amides is 2. The molecule has 156 valence electrons. The molecule has 2 fully saturated rings. The van der Waals surface area contributed by atoms with Gasteiger partial charge in [-0.2, -0.15) is 0 Å². The number of nitrogens with zero attached hydrogens (tertiary/aromatic N) is 4. The zero-order valence-corrected chi connectivity index (χ0v) is 18.8. The zero-order valence-electron chi connectivity index (χ0n) is 16.4. The molecule has 3 heterocycles. The first kappa shape index (κ1) is 22.5. The summed E-state index contributed by atoms with van der Waals surface area (Å²) in [6.07, 6.45) is 4.89. The van der Waals surface area contributed by atoms with Gasteiger partial charge in [-0.1, -0.05) is 0 Å². The number of furan rings is 1. The first-order valence-electron chi connectivity index (χ1n) is 9.83. The lowest BCUT2D eigenvalue weighted by Crippen LogP contribution is -2.54. The number of piperazine rings is 1. The fraction of sp³-hybridized carbons (Fsp3) is 0.632. The van der Waals surface area contributed by atoms with E-state index >= 15 is 0 Å². The number of halogens is 1. The monoisotopic (exact) mass is 503 g/mol. The van der Waals surface area contributed by atoms with E-state index in [4.69, 9.17) is 4.42 Å². The maximum atomic E-state index is 12.4. The van der Waals surface area contributed by atoms with E-state index in [-0.39, 0.29) is 42.3 Å². The first-order valence-corrected chi connectivity index (χ1v) is 9.83. The molecule has 0 aromatic carbocycles. The van der Waals surface area contributed by atoms with Gasteiger partial charge in [-0.25, -0.2) is 4.99 Å². The molecule has 28 heavy (non-hydrogen) atoms. The molecule has 0 spiro atoms. The highest BCUT2D eigenvalue weighted by Gasteiger charge is 2.25. The summed E-state index contributed by atoms with van der Waals surface area (Å²) < 4.78 is 5.20. The number of rotatable bonds is 4. The molecule has 2 aliphatic heterocycles. The Balaban J connectivity index is 0.00000280. The van der Waals surface area contributed by atoms with E-state index in [2.05, 4.69) is 15.2 Å². The molecule has 0 unspecified atom stereocenters. The van der Waals surface area contributed by atoms with Crippen LogP contribution in [0.5, 0.6) is 0 Å². The maximum absolute atomic E-state index is 12.4. The molecular formula is C19H30IN5O3. The van der Waals surface area contributed by atoms with E-state index in [1.54, 1.807) is 17.0 Å². The minimum Gasteiger partial charge on any atom is -0.459 e. The third-order valence-corrected chi connectivity index (χ3v) is 5.01. The van der Waals surface area contributed by atoms with Crippen LogP contribution in [0.1, 0.15) is 36.7 Å². The highest BCUT2D eigenvalue weighted by molar-refractivity contribution is 14.0. The molecule has 1 aromatic rings. The van der Waals surface area contributed by atoms with Crippen LogP contribution in [-0.2, 0) is 4.79 Å². The number of nitrogens with one attached hydrogen (secondary N) is 1. The smallest absolute Gasteiger partial charge is 0.289 e. The van der Waals surface area contributed by atoms with E-state index in [0.717, 1.165) is 38.4 Å². The summed E-state index contributed by atoms with van der Waals surface area (Å²) in [5.74, 6) is 1.13. The van der Waals surface area contributed by atoms with E-state index < -0.39 is 0 Å². The maximum Gasteiger partial charge on any atom is 0.289 e. The number of hydrogen-bond donors (Lipinski definition) is 1. The van der Waals surface area contributed by atoms with E-state index in [0.29, 0.717) is 31.9 Å². The van der Waals surface area contributed by atoms with Gasteiger partial charge in [0.2, 0.25) is 5.91 Å². The summed E-state index contributed by atoms with van der Waals surface area (Å²) in [5.41, 5.74) is 0. The Hall–Kier alpha value is -1.78. The van der Waals surface area contributed by atoms with Crippen molar-refractivity contribution in [1.82, 2.24) is 20.0 Å². The van der Waals surface area contributed by atoms with Crippen molar-refractivity contribution in [2.45, 2.75) is 26.2 Å². The minimum atomic E-state index is -0.0816. The van der Waals surface area contributed by atoms with Crippen molar-refractivity contribution in [2.75, 3.05) is 52.4 Å². The molecule has 2 saturated heterocycles. The predicted octanol–water partition coefficient (Wildman–Crippen LogP) is 1.63. The van der Waals surface area contributed by atoms with Gasteiger partial charge in [0, 0.05) is 45.8 Å². The van der Waals surface area contributed by atoms with Crippen molar-refractivity contribution in [2.24, 2.45) is 4.99 Å². The van der Waals surface area contributed by atoms with Crippen molar-refractivity contribution < 1.29 is 14.0 Å². The fourth-order valence-corrected chi connectivity index (χ4v) is 3.49. The van der Waals surface area contributed by atoms with Crippen molar-refractivity contribution in [3.05, 3.63) is 24.2 Å². The summed E-state index contributed by atoms with van der Waals surface area (Å²) in [6, 6.07) is 3.41. The summed E-state index contributed by atoms with van der Waals surface area (Å²) in [4.78, 5) is 35.1. The summed E-state index contributed by atoms with van der Waals surface area (Å²) >= 11 is 0. The van der Waals surface area contributed by atoms with Crippen LogP contribution >= 0.6 is 24.0 Å². The van der Waals surface area contributed by atoms with Crippen LogP contribution in [0.4, 0.5) is 0 Å². The summed E-state index contributed by atoms with van der Waals surface area (Å²) in [6.45, 7) is 7.17. The molecule has 1 N–H and O–H groups in total. The second kappa shape index (κ2) is 11.3. The number of piperidine rings is 1. The van der Waals surface area contributed by atoms with Crippen molar-refractivity contribution in [1.29, 1.82) is 0 Å². The van der Waals surface area contributed by atoms with Gasteiger partial charge in [-0.3, -0.25) is 9.59 Å². The molecule has 1 aromatic heterocycles. The van der Waals surface area contributed by atoms with Gasteiger partial charge in [0.05, 0.1) is 6.26 Å². The number of hydrogen-bond acceptors (Lipinski definition) is 4. The molecule has 2 amide bonds. The van der Waals surface area contributed by atoms with Gasteiger partial charge < -0.3 is 24.4 Å². The molecule has 0 bridgehead atoms. The Morgan fingerprint density at radius 3 is 2.32 bits per heavy atom. The van der Waals surface area contributed by atoms with Gasteiger partial charge in [0.25, 0.3) is 5.91 Å². The van der Waals surface area contributed by atoms with Gasteiger partial charge in [-0.05, 0) is 38.3 Å². The van der Waals surface area contributed by atoms with E-state index in [1.807, 2.05) is 11.8 Å². The number of guanidine groups is 1. The molecule has 0 radical (unpaired) electrons. The molecular weight excluding hydrogens is 473 g/mol. The Bertz CT molecular complexity index is 651. The van der Waals surface area contributed by atoms with Gasteiger partial charge in [-0.15, -0.1) is 24.0 Å². The third-order valence-electron chi connectivity index (χ3n) is 5.01. The average Bonchev–Trinajstić information content (AvgIpc) is 3.26. The SMILES string of the molecule is CCNC(=NCC(=O)N1CCCCC1)N1CCN(C(=O)c2ccco2)CC1.I. The van der Waals surface area contributed by atoms with Crippen LogP contribution in [0, 0.1) is 0 Å². The molecule has 0 atom stereocenters. The quantitative estimate of drug-likeness (QED) is 0.384. The molecule has 0 aliphatic carbocycles. The fourth-order valence-electron chi connectivity index (χ4n) is 3.49. The molecule has 3 rings (SSSR count). The largest absolute Gasteiger partial charge is 0.459 e. The van der Waals surface area contributed by atoms with Crippen molar-refractivity contribution >= 4 is 41.8 Å². The van der Waals surface area contributed by atoms with Crippen molar-refractivity contribution in [3.8, 4) is 0 Å². The van der Waals surface area contributed by atoms with Gasteiger partial charge in [0.15, 0.2) is 11.7 Å². The van der Waals surface area contributed by atoms with E-state index in [9.17, 15) is 9.59 Å². The highest BCUT2D eigenvalue weighted by Crippen LogP contribution is 2.11. The van der Waals surface area contributed by atoms with Crippen LogP contribution in [0.3, 0.4) is 0 Å². The number of aliphatic imine (C=N–C) groups is 1. The predicted molar refractivity (Wildman–Crippen MR) is 118 cm³/mol. The zero-order chi connectivity index (χ0) is 19.1. The summed E-state index contributed by atoms with van der Waals surface area (Å²) in [5, 5.41) is 3.27. The second-order valence-corrected chi connectivity index (χ2v) is 6.87. The van der Waals surface area contributed by atoms with Crippen LogP contribution < -0.4 is 5.32 Å². The molecule has 9 heteroatoms. The second-order valence-electron chi connectivity index (χ2n) is 6.87. The molecule has 0 saturated carbocycles. The van der Waals surface area contributed by atoms with Crippen LogP contribution in [0.2, 0.25) is 0 Å². The number of carbonyl (C=O) groups excluding carboxylic acids is 2. The average molecular weight is 503 g/mol. The lowest BCUT2D eigenvalue weighted by atomic mass is 10.1. The van der Waals surface area contributed by atoms with Gasteiger partial charge >= 0.3 is 0 Å². The number of likely N-dealkylation sites (tertiary alicyclic amines) is 1. The van der Waals surface area contributed by atoms with Crippen LogP contribution in [0.15, 0.2) is 27.8 Å². The molecule has 8 nitrogen and oxygen atoms in total. The lowest BCUT2D eigenvalue weighted by Gasteiger charge is -2.36. The number of carbonyl (C=O) groups is 2. The topological polar surface area (TPSA) is 81.4 Å². The Morgan fingerprint density at radius 2 is 1.71 bits per heavy atom.